The zero-order valence-electron chi connectivity index (χ0n) is 14.9. The van der Waals surface area contributed by atoms with E-state index in [1.165, 1.54) is 20.2 Å². The summed E-state index contributed by atoms with van der Waals surface area (Å²) in [6.45, 7) is 2.14. The van der Waals surface area contributed by atoms with E-state index in [-0.39, 0.29) is 34.7 Å². The van der Waals surface area contributed by atoms with Crippen molar-refractivity contribution in [2.24, 2.45) is 0 Å². The molecule has 9 heteroatoms. The molecule has 142 valence electrons. The second-order valence-electron chi connectivity index (χ2n) is 6.23. The summed E-state index contributed by atoms with van der Waals surface area (Å²) in [5, 5.41) is -0.233. The van der Waals surface area contributed by atoms with Crippen LogP contribution in [0.4, 0.5) is 11.4 Å². The smallest absolute Gasteiger partial charge is 0.275 e. The van der Waals surface area contributed by atoms with Gasteiger partial charge in [-0.15, -0.1) is 12.4 Å². The van der Waals surface area contributed by atoms with E-state index in [9.17, 15) is 13.2 Å². The lowest BCUT2D eigenvalue weighted by atomic mass is 9.99. The van der Waals surface area contributed by atoms with Gasteiger partial charge in [0.2, 0.25) is 5.09 Å². The van der Waals surface area contributed by atoms with Crippen LogP contribution in [0.3, 0.4) is 0 Å². The van der Waals surface area contributed by atoms with Gasteiger partial charge in [0, 0.05) is 38.1 Å². The summed E-state index contributed by atoms with van der Waals surface area (Å²) in [6.07, 6.45) is 1.61. The summed E-state index contributed by atoms with van der Waals surface area (Å²) in [5.74, 6) is -0.00513. The molecular weight excluding hydrogens is 378 g/mol. The van der Waals surface area contributed by atoms with E-state index < -0.39 is 10.0 Å². The standard InChI is InChI=1S/C17H21N3O4S.ClH/c1-11-13(10-16(24-11)25(22,23)19(2)3)17(21)20-9-5-6-12-14(18)7-4-8-15(12)20;/h4,7-8,10H,5-6,9,18H2,1-3H3;1H. The predicted octanol–water partition coefficient (Wildman–Crippen LogP) is 2.44. The van der Waals surface area contributed by atoms with Crippen molar-refractivity contribution in [1.29, 1.82) is 0 Å². The number of halogens is 1. The number of nitrogen functional groups attached to an aromatic ring is 1. The summed E-state index contributed by atoms with van der Waals surface area (Å²) in [4.78, 5) is 14.7. The predicted molar refractivity (Wildman–Crippen MR) is 102 cm³/mol. The Hall–Kier alpha value is -2.03. The van der Waals surface area contributed by atoms with Crippen molar-refractivity contribution in [3.63, 3.8) is 0 Å². The lowest BCUT2D eigenvalue weighted by Gasteiger charge is -2.30. The Kier molecular flexibility index (Phi) is 5.70. The second kappa shape index (κ2) is 7.30. The first-order chi connectivity index (χ1) is 11.7. The lowest BCUT2D eigenvalue weighted by molar-refractivity contribution is 0.0983. The van der Waals surface area contributed by atoms with Gasteiger partial charge in [-0.3, -0.25) is 4.79 Å². The maximum absolute atomic E-state index is 13.0. The number of carbonyl (C=O) groups is 1. The van der Waals surface area contributed by atoms with Crippen LogP contribution in [0, 0.1) is 6.92 Å². The maximum Gasteiger partial charge on any atom is 0.275 e. The molecular formula is C17H22ClN3O4S. The quantitative estimate of drug-likeness (QED) is 0.799. The van der Waals surface area contributed by atoms with Gasteiger partial charge in [0.15, 0.2) is 0 Å². The Morgan fingerprint density at radius 2 is 2.00 bits per heavy atom. The van der Waals surface area contributed by atoms with Crippen LogP contribution in [0.5, 0.6) is 0 Å². The third-order valence-corrected chi connectivity index (χ3v) is 6.06. The molecule has 0 unspecified atom stereocenters. The van der Waals surface area contributed by atoms with E-state index in [1.807, 2.05) is 18.2 Å². The Morgan fingerprint density at radius 3 is 2.65 bits per heavy atom. The van der Waals surface area contributed by atoms with Crippen LogP contribution in [-0.2, 0) is 16.4 Å². The molecule has 26 heavy (non-hydrogen) atoms. The molecule has 1 aromatic heterocycles. The molecule has 0 saturated heterocycles. The Labute approximate surface area is 159 Å². The molecule has 0 aliphatic carbocycles. The first kappa shape index (κ1) is 20.3. The van der Waals surface area contributed by atoms with E-state index in [4.69, 9.17) is 10.2 Å². The molecule has 1 aliphatic rings. The number of nitrogens with two attached hydrogens (primary N) is 1. The van der Waals surface area contributed by atoms with Crippen molar-refractivity contribution < 1.29 is 17.6 Å². The van der Waals surface area contributed by atoms with Crippen LogP contribution >= 0.6 is 12.4 Å². The number of carbonyl (C=O) groups excluding carboxylic acids is 1. The van der Waals surface area contributed by atoms with Crippen molar-refractivity contribution >= 4 is 39.7 Å². The molecule has 1 amide bonds. The zero-order valence-corrected chi connectivity index (χ0v) is 16.5. The van der Waals surface area contributed by atoms with Gasteiger partial charge >= 0.3 is 0 Å². The van der Waals surface area contributed by atoms with Gasteiger partial charge < -0.3 is 15.1 Å². The number of furan rings is 1. The van der Waals surface area contributed by atoms with Gasteiger partial charge in [-0.25, -0.2) is 12.7 Å². The summed E-state index contributed by atoms with van der Waals surface area (Å²) in [5.41, 5.74) is 8.65. The van der Waals surface area contributed by atoms with Crippen molar-refractivity contribution in [2.75, 3.05) is 31.3 Å². The average molecular weight is 400 g/mol. The van der Waals surface area contributed by atoms with E-state index in [0.717, 1.165) is 28.4 Å². The second-order valence-corrected chi connectivity index (χ2v) is 8.31. The largest absolute Gasteiger partial charge is 0.448 e. The normalized spacial score (nSPS) is 14.1. The number of fused-ring (bicyclic) bond motifs is 1. The van der Waals surface area contributed by atoms with Crippen molar-refractivity contribution in [3.05, 3.63) is 41.2 Å². The molecule has 0 fully saturated rings. The van der Waals surface area contributed by atoms with Crippen molar-refractivity contribution in [1.82, 2.24) is 4.31 Å². The highest BCUT2D eigenvalue weighted by Gasteiger charge is 2.30. The van der Waals surface area contributed by atoms with E-state index in [1.54, 1.807) is 11.8 Å². The SMILES string of the molecule is Cc1oc(S(=O)(=O)N(C)C)cc1C(=O)N1CCCc2c(N)cccc21.Cl. The van der Waals surface area contributed by atoms with Crippen molar-refractivity contribution in [3.8, 4) is 0 Å². The minimum absolute atomic E-state index is 0. The van der Waals surface area contributed by atoms with Crippen LogP contribution in [-0.4, -0.2) is 39.3 Å². The Balaban J connectivity index is 0.00000243. The van der Waals surface area contributed by atoms with Crippen LogP contribution in [0.15, 0.2) is 33.8 Å². The molecule has 1 aliphatic heterocycles. The highest BCUT2D eigenvalue weighted by Crippen LogP contribution is 2.33. The van der Waals surface area contributed by atoms with Gasteiger partial charge in [-0.05, 0) is 37.5 Å². The fourth-order valence-corrected chi connectivity index (χ4v) is 3.84. The third kappa shape index (κ3) is 3.32. The average Bonchev–Trinajstić information content (AvgIpc) is 2.96. The molecule has 2 heterocycles. The fourth-order valence-electron chi connectivity index (χ4n) is 2.98. The molecule has 0 spiro atoms. The summed E-state index contributed by atoms with van der Waals surface area (Å²) < 4.78 is 30.9. The van der Waals surface area contributed by atoms with Crippen LogP contribution in [0.1, 0.15) is 28.1 Å². The highest BCUT2D eigenvalue weighted by atomic mass is 35.5. The van der Waals surface area contributed by atoms with E-state index >= 15 is 0 Å². The number of sulfonamides is 1. The number of amides is 1. The molecule has 0 bridgehead atoms. The molecule has 7 nitrogen and oxygen atoms in total. The van der Waals surface area contributed by atoms with Crippen molar-refractivity contribution in [2.45, 2.75) is 24.9 Å². The molecule has 0 radical (unpaired) electrons. The molecule has 3 rings (SSSR count). The Bertz CT molecular complexity index is 937. The number of hydrogen-bond acceptors (Lipinski definition) is 5. The number of aryl methyl sites for hydroxylation is 1. The molecule has 0 atom stereocenters. The topological polar surface area (TPSA) is 96.8 Å². The summed E-state index contributed by atoms with van der Waals surface area (Å²) >= 11 is 0. The summed E-state index contributed by atoms with van der Waals surface area (Å²) in [6, 6.07) is 6.78. The number of anilines is 2. The van der Waals surface area contributed by atoms with Gasteiger partial charge in [0.1, 0.15) is 5.76 Å². The zero-order chi connectivity index (χ0) is 18.4. The van der Waals surface area contributed by atoms with Crippen LogP contribution < -0.4 is 10.6 Å². The fraction of sp³-hybridized carbons (Fsp3) is 0.353. The minimum atomic E-state index is -3.73. The monoisotopic (exact) mass is 399 g/mol. The molecule has 0 saturated carbocycles. The number of hydrogen-bond donors (Lipinski definition) is 1. The highest BCUT2D eigenvalue weighted by molar-refractivity contribution is 7.88. The Morgan fingerprint density at radius 1 is 1.31 bits per heavy atom. The molecule has 1 aromatic carbocycles. The molecule has 2 N–H and O–H groups in total. The number of benzene rings is 1. The summed E-state index contributed by atoms with van der Waals surface area (Å²) in [7, 11) is -0.904. The first-order valence-corrected chi connectivity index (χ1v) is 9.39. The minimum Gasteiger partial charge on any atom is -0.448 e. The maximum atomic E-state index is 13.0. The van der Waals surface area contributed by atoms with Gasteiger partial charge in [-0.2, -0.15) is 0 Å². The van der Waals surface area contributed by atoms with Gasteiger partial charge in [0.05, 0.1) is 5.56 Å². The molecule has 2 aromatic rings. The number of nitrogens with zero attached hydrogens (tertiary/aromatic N) is 2. The first-order valence-electron chi connectivity index (χ1n) is 7.95. The van der Waals surface area contributed by atoms with E-state index in [0.29, 0.717) is 12.2 Å². The van der Waals surface area contributed by atoms with Gasteiger partial charge in [0.25, 0.3) is 15.9 Å². The number of rotatable bonds is 3. The third-order valence-electron chi connectivity index (χ3n) is 4.39. The van der Waals surface area contributed by atoms with Gasteiger partial charge in [-0.1, -0.05) is 6.07 Å². The lowest BCUT2D eigenvalue weighted by Crippen LogP contribution is -2.35. The van der Waals surface area contributed by atoms with Crippen LogP contribution in [0.25, 0.3) is 0 Å². The van der Waals surface area contributed by atoms with E-state index in [2.05, 4.69) is 0 Å². The van der Waals surface area contributed by atoms with Crippen LogP contribution in [0.2, 0.25) is 0 Å².